The number of carbonyl (C=O) groups is 1. The van der Waals surface area contributed by atoms with Crippen LogP contribution in [0.4, 0.5) is 0 Å². The van der Waals surface area contributed by atoms with Gasteiger partial charge in [0, 0.05) is 30.8 Å². The Labute approximate surface area is 109 Å². The largest absolute Gasteiger partial charge is 0.349 e. The van der Waals surface area contributed by atoms with Gasteiger partial charge in [-0.3, -0.25) is 9.48 Å². The molecule has 0 radical (unpaired) electrons. The Morgan fingerprint density at radius 3 is 2.67 bits per heavy atom. The van der Waals surface area contributed by atoms with Gasteiger partial charge in [0.1, 0.15) is 0 Å². The fourth-order valence-electron chi connectivity index (χ4n) is 2.02. The molecule has 102 valence electrons. The van der Waals surface area contributed by atoms with Gasteiger partial charge < -0.3 is 10.6 Å². The van der Waals surface area contributed by atoms with Crippen LogP contribution in [-0.2, 0) is 11.8 Å². The van der Waals surface area contributed by atoms with Crippen molar-refractivity contribution >= 4 is 5.91 Å². The summed E-state index contributed by atoms with van der Waals surface area (Å²) in [6.45, 7) is 8.93. The number of aromatic nitrogens is 2. The van der Waals surface area contributed by atoms with Crippen molar-refractivity contribution in [2.75, 3.05) is 6.54 Å². The highest BCUT2D eigenvalue weighted by molar-refractivity contribution is 5.77. The van der Waals surface area contributed by atoms with Crippen LogP contribution in [0.2, 0.25) is 0 Å². The number of nitrogens with one attached hydrogen (secondary N) is 2. The first kappa shape index (κ1) is 14.7. The molecule has 1 aromatic rings. The molecule has 18 heavy (non-hydrogen) atoms. The smallest absolute Gasteiger partial charge is 0.222 e. The summed E-state index contributed by atoms with van der Waals surface area (Å²) in [5.74, 6) is 0.0687. The van der Waals surface area contributed by atoms with E-state index < -0.39 is 0 Å². The third-order valence-electron chi connectivity index (χ3n) is 3.16. The maximum Gasteiger partial charge on any atom is 0.222 e. The van der Waals surface area contributed by atoms with Crippen LogP contribution in [0.3, 0.4) is 0 Å². The highest BCUT2D eigenvalue weighted by Gasteiger charge is 2.15. The van der Waals surface area contributed by atoms with E-state index in [1.54, 1.807) is 0 Å². The highest BCUT2D eigenvalue weighted by Crippen LogP contribution is 2.15. The second-order valence-electron chi connectivity index (χ2n) is 4.76. The van der Waals surface area contributed by atoms with E-state index in [1.807, 2.05) is 45.6 Å². The quantitative estimate of drug-likeness (QED) is 0.802. The average Bonchev–Trinajstić information content (AvgIpc) is 2.59. The van der Waals surface area contributed by atoms with E-state index >= 15 is 0 Å². The van der Waals surface area contributed by atoms with Crippen molar-refractivity contribution in [1.82, 2.24) is 20.4 Å². The molecule has 5 nitrogen and oxygen atoms in total. The lowest BCUT2D eigenvalue weighted by atomic mass is 10.1. The van der Waals surface area contributed by atoms with E-state index in [4.69, 9.17) is 0 Å². The number of nitrogens with zero attached hydrogens (tertiary/aromatic N) is 2. The molecule has 0 spiro atoms. The van der Waals surface area contributed by atoms with Gasteiger partial charge in [0.25, 0.3) is 0 Å². The molecule has 2 atom stereocenters. The van der Waals surface area contributed by atoms with Crippen molar-refractivity contribution in [3.8, 4) is 0 Å². The summed E-state index contributed by atoms with van der Waals surface area (Å²) in [5.41, 5.74) is 2.16. The van der Waals surface area contributed by atoms with Crippen LogP contribution in [-0.4, -0.2) is 28.3 Å². The molecule has 0 aliphatic rings. The number of amides is 1. The second kappa shape index (κ2) is 6.54. The fourth-order valence-corrected chi connectivity index (χ4v) is 2.02. The van der Waals surface area contributed by atoms with E-state index in [0.717, 1.165) is 17.8 Å². The Hall–Kier alpha value is -1.36. The fraction of sp³-hybridized carbons (Fsp3) is 0.692. The molecule has 0 aliphatic carbocycles. The third kappa shape index (κ3) is 3.84. The third-order valence-corrected chi connectivity index (χ3v) is 3.16. The summed E-state index contributed by atoms with van der Waals surface area (Å²) in [4.78, 5) is 11.9. The monoisotopic (exact) mass is 252 g/mol. The number of aryl methyl sites for hydroxylation is 1. The zero-order valence-corrected chi connectivity index (χ0v) is 11.9. The molecule has 2 N–H and O–H groups in total. The first-order valence-electron chi connectivity index (χ1n) is 6.47. The Morgan fingerprint density at radius 2 is 2.17 bits per heavy atom. The van der Waals surface area contributed by atoms with Crippen molar-refractivity contribution in [2.24, 2.45) is 7.05 Å². The zero-order chi connectivity index (χ0) is 13.7. The van der Waals surface area contributed by atoms with Gasteiger partial charge in [0.15, 0.2) is 0 Å². The molecule has 0 saturated carbocycles. The summed E-state index contributed by atoms with van der Waals surface area (Å²) in [7, 11) is 1.90. The van der Waals surface area contributed by atoms with E-state index in [0.29, 0.717) is 6.42 Å². The first-order valence-corrected chi connectivity index (χ1v) is 6.47. The Kier molecular flexibility index (Phi) is 5.34. The minimum Gasteiger partial charge on any atom is -0.349 e. The Balaban J connectivity index is 2.52. The van der Waals surface area contributed by atoms with Crippen molar-refractivity contribution in [1.29, 1.82) is 0 Å². The minimum absolute atomic E-state index is 0.0000246. The summed E-state index contributed by atoms with van der Waals surface area (Å²) >= 11 is 0. The molecule has 1 heterocycles. The lowest BCUT2D eigenvalue weighted by Crippen LogP contribution is -2.34. The molecule has 0 aromatic carbocycles. The summed E-state index contributed by atoms with van der Waals surface area (Å²) < 4.78 is 1.82. The normalized spacial score (nSPS) is 14.3. The van der Waals surface area contributed by atoms with E-state index in [9.17, 15) is 4.79 Å². The topological polar surface area (TPSA) is 59.0 Å². The second-order valence-corrected chi connectivity index (χ2v) is 4.76. The van der Waals surface area contributed by atoms with Gasteiger partial charge >= 0.3 is 0 Å². The summed E-state index contributed by atoms with van der Waals surface area (Å²) in [5, 5.41) is 10.4. The molecular weight excluding hydrogens is 228 g/mol. The first-order chi connectivity index (χ1) is 8.45. The molecular formula is C13H24N4O. The maximum absolute atomic E-state index is 11.9. The van der Waals surface area contributed by atoms with E-state index in [-0.39, 0.29) is 18.0 Å². The SMILES string of the molecule is CCNC(C)CC(=O)NC(C)c1cnn(C)c1C. The minimum atomic E-state index is 0.0000246. The van der Waals surface area contributed by atoms with Crippen molar-refractivity contribution in [3.05, 3.63) is 17.5 Å². The van der Waals surface area contributed by atoms with Gasteiger partial charge in [0.05, 0.1) is 12.2 Å². The average molecular weight is 252 g/mol. The molecule has 5 heteroatoms. The van der Waals surface area contributed by atoms with E-state index in [1.165, 1.54) is 0 Å². The van der Waals surface area contributed by atoms with Crippen LogP contribution in [0, 0.1) is 6.92 Å². The van der Waals surface area contributed by atoms with Crippen molar-refractivity contribution in [2.45, 2.75) is 46.2 Å². The zero-order valence-electron chi connectivity index (χ0n) is 11.9. The Bertz CT molecular complexity index is 400. The van der Waals surface area contributed by atoms with Crippen LogP contribution >= 0.6 is 0 Å². The standard InChI is InChI=1S/C13H24N4O/c1-6-14-9(2)7-13(18)16-10(3)12-8-15-17(5)11(12)4/h8-10,14H,6-7H2,1-5H3,(H,16,18). The number of hydrogen-bond acceptors (Lipinski definition) is 3. The molecule has 1 aromatic heterocycles. The van der Waals surface area contributed by atoms with E-state index in [2.05, 4.69) is 15.7 Å². The lowest BCUT2D eigenvalue weighted by Gasteiger charge is -2.16. The van der Waals surface area contributed by atoms with Gasteiger partial charge in [0.2, 0.25) is 5.91 Å². The number of carbonyl (C=O) groups excluding carboxylic acids is 1. The van der Waals surface area contributed by atoms with Crippen LogP contribution in [0.1, 0.15) is 44.5 Å². The van der Waals surface area contributed by atoms with Crippen LogP contribution in [0.5, 0.6) is 0 Å². The number of hydrogen-bond donors (Lipinski definition) is 2. The number of rotatable bonds is 6. The predicted octanol–water partition coefficient (Wildman–Crippen LogP) is 1.29. The summed E-state index contributed by atoms with van der Waals surface area (Å²) in [6.07, 6.45) is 2.31. The van der Waals surface area contributed by atoms with Gasteiger partial charge in [-0.25, -0.2) is 0 Å². The molecule has 2 unspecified atom stereocenters. The van der Waals surface area contributed by atoms with Gasteiger partial charge in [-0.2, -0.15) is 5.10 Å². The highest BCUT2D eigenvalue weighted by atomic mass is 16.1. The van der Waals surface area contributed by atoms with Gasteiger partial charge in [-0.05, 0) is 27.3 Å². The molecule has 0 saturated heterocycles. The molecule has 0 bridgehead atoms. The van der Waals surface area contributed by atoms with Crippen molar-refractivity contribution in [3.63, 3.8) is 0 Å². The van der Waals surface area contributed by atoms with Gasteiger partial charge in [-0.1, -0.05) is 6.92 Å². The molecule has 0 fully saturated rings. The van der Waals surface area contributed by atoms with Gasteiger partial charge in [-0.15, -0.1) is 0 Å². The molecule has 1 amide bonds. The maximum atomic E-state index is 11.9. The van der Waals surface area contributed by atoms with Crippen molar-refractivity contribution < 1.29 is 4.79 Å². The lowest BCUT2D eigenvalue weighted by molar-refractivity contribution is -0.122. The summed E-state index contributed by atoms with van der Waals surface area (Å²) in [6, 6.07) is 0.206. The predicted molar refractivity (Wildman–Crippen MR) is 72.3 cm³/mol. The Morgan fingerprint density at radius 1 is 1.50 bits per heavy atom. The molecule has 1 rings (SSSR count). The van der Waals surface area contributed by atoms with Crippen LogP contribution in [0.25, 0.3) is 0 Å². The van der Waals surface area contributed by atoms with Crippen LogP contribution in [0.15, 0.2) is 6.20 Å². The molecule has 0 aliphatic heterocycles. The van der Waals surface area contributed by atoms with Crippen LogP contribution < -0.4 is 10.6 Å².